The molecule has 0 heterocycles. The van der Waals surface area contributed by atoms with Crippen LogP contribution in [0.1, 0.15) is 245 Å². The fourth-order valence-electron chi connectivity index (χ4n) is 7.51. The van der Waals surface area contributed by atoms with Crippen molar-refractivity contribution in [1.82, 2.24) is 5.32 Å². The minimum atomic E-state index is -4.57. The number of carbonyl (C=O) groups excluding carboxylic acids is 1. The van der Waals surface area contributed by atoms with Gasteiger partial charge >= 0.3 is 0 Å². The second-order valence-corrected chi connectivity index (χ2v) is 19.9. The molecule has 1 unspecified atom stereocenters. The van der Waals surface area contributed by atoms with Crippen molar-refractivity contribution in [2.24, 2.45) is 0 Å². The third kappa shape index (κ3) is 43.3. The van der Waals surface area contributed by atoms with E-state index in [4.69, 9.17) is 9.05 Å². The Bertz CT molecular complexity index is 958. The van der Waals surface area contributed by atoms with Crippen LogP contribution in [0.15, 0.2) is 12.2 Å². The number of aliphatic hydroxyl groups is 1. The topological polar surface area (TPSA) is 108 Å². The largest absolute Gasteiger partial charge is 0.756 e. The van der Waals surface area contributed by atoms with Crippen LogP contribution in [0.5, 0.6) is 0 Å². The minimum absolute atomic E-state index is 0.00985. The summed E-state index contributed by atoms with van der Waals surface area (Å²) in [6.07, 6.45) is 48.0. The number of carbonyl (C=O) groups is 1. The number of nitrogens with zero attached hydrogens (tertiary/aromatic N) is 1. The molecule has 0 aromatic carbocycles. The van der Waals surface area contributed by atoms with Gasteiger partial charge in [-0.1, -0.05) is 212 Å². The Morgan fingerprint density at radius 2 is 0.948 bits per heavy atom. The zero-order valence-corrected chi connectivity index (χ0v) is 40.2. The summed E-state index contributed by atoms with van der Waals surface area (Å²) < 4.78 is 23.3. The normalized spacial score (nSPS) is 14.3. The minimum Gasteiger partial charge on any atom is -0.756 e. The van der Waals surface area contributed by atoms with Crippen LogP contribution < -0.4 is 10.2 Å². The Hall–Kier alpha value is -0.760. The van der Waals surface area contributed by atoms with Crippen molar-refractivity contribution in [3.63, 3.8) is 0 Å². The first kappa shape index (κ1) is 57.2. The molecule has 0 aromatic heterocycles. The van der Waals surface area contributed by atoms with Crippen molar-refractivity contribution in [2.75, 3.05) is 40.9 Å². The van der Waals surface area contributed by atoms with E-state index < -0.39 is 20.0 Å². The molecule has 0 rings (SSSR count). The second kappa shape index (κ2) is 41.6. The molecule has 0 fully saturated rings. The van der Waals surface area contributed by atoms with Crippen molar-refractivity contribution >= 4 is 13.7 Å². The molecule has 0 aliphatic heterocycles. The van der Waals surface area contributed by atoms with Crippen LogP contribution in [0, 0.1) is 0 Å². The number of aliphatic hydroxyl groups excluding tert-OH is 1. The van der Waals surface area contributed by atoms with Gasteiger partial charge in [0.25, 0.3) is 7.82 Å². The van der Waals surface area contributed by atoms with Gasteiger partial charge in [-0.25, -0.2) is 0 Å². The molecule has 9 heteroatoms. The van der Waals surface area contributed by atoms with E-state index in [1.54, 1.807) is 0 Å². The molecule has 8 nitrogen and oxygen atoms in total. The van der Waals surface area contributed by atoms with E-state index in [2.05, 4.69) is 31.3 Å². The summed E-state index contributed by atoms with van der Waals surface area (Å²) in [6, 6.07) is -0.811. The molecule has 58 heavy (non-hydrogen) atoms. The Kier molecular flexibility index (Phi) is 41.0. The van der Waals surface area contributed by atoms with Crippen LogP contribution >= 0.6 is 7.82 Å². The molecule has 2 N–H and O–H groups in total. The highest BCUT2D eigenvalue weighted by molar-refractivity contribution is 7.45. The maximum atomic E-state index is 12.9. The molecule has 0 aliphatic rings. The third-order valence-corrected chi connectivity index (χ3v) is 12.5. The Morgan fingerprint density at radius 3 is 1.34 bits per heavy atom. The van der Waals surface area contributed by atoms with Gasteiger partial charge in [-0.2, -0.15) is 0 Å². The zero-order chi connectivity index (χ0) is 42.8. The van der Waals surface area contributed by atoms with Gasteiger partial charge in [0.15, 0.2) is 0 Å². The van der Waals surface area contributed by atoms with Gasteiger partial charge in [0.1, 0.15) is 13.2 Å². The lowest BCUT2D eigenvalue weighted by Gasteiger charge is -2.30. The number of rotatable bonds is 46. The molecule has 0 bridgehead atoms. The summed E-state index contributed by atoms with van der Waals surface area (Å²) in [7, 11) is 1.30. The first-order valence-electron chi connectivity index (χ1n) is 25.0. The van der Waals surface area contributed by atoms with E-state index in [0.717, 1.165) is 44.9 Å². The maximum Gasteiger partial charge on any atom is 0.268 e. The van der Waals surface area contributed by atoms with Crippen molar-refractivity contribution in [3.05, 3.63) is 12.2 Å². The average Bonchev–Trinajstić information content (AvgIpc) is 3.17. The summed E-state index contributed by atoms with van der Waals surface area (Å²) in [6.45, 7) is 4.72. The van der Waals surface area contributed by atoms with E-state index in [9.17, 15) is 19.4 Å². The highest BCUT2D eigenvalue weighted by Crippen LogP contribution is 2.38. The lowest BCUT2D eigenvalue weighted by Crippen LogP contribution is -2.46. The summed E-state index contributed by atoms with van der Waals surface area (Å²) in [4.78, 5) is 25.4. The van der Waals surface area contributed by atoms with Crippen LogP contribution in [0.4, 0.5) is 0 Å². The van der Waals surface area contributed by atoms with E-state index in [1.165, 1.54) is 173 Å². The molecular formula is C49H99N2O6P. The van der Waals surface area contributed by atoms with Crippen molar-refractivity contribution in [2.45, 2.75) is 257 Å². The number of likely N-dealkylation sites (N-methyl/N-ethyl adjacent to an activating group) is 1. The van der Waals surface area contributed by atoms with Crippen molar-refractivity contribution < 1.29 is 32.9 Å². The zero-order valence-electron chi connectivity index (χ0n) is 39.3. The van der Waals surface area contributed by atoms with Gasteiger partial charge in [-0.3, -0.25) is 9.36 Å². The molecule has 346 valence electrons. The molecule has 0 saturated carbocycles. The lowest BCUT2D eigenvalue weighted by atomic mass is 10.0. The summed E-state index contributed by atoms with van der Waals surface area (Å²) in [5, 5.41) is 13.9. The van der Waals surface area contributed by atoms with Gasteiger partial charge in [-0.15, -0.1) is 0 Å². The number of hydrogen-bond donors (Lipinski definition) is 2. The second-order valence-electron chi connectivity index (χ2n) is 18.5. The standard InChI is InChI=1S/C49H99N2O6P/c1-6-8-10-12-14-16-18-20-22-23-24-25-26-27-28-29-31-33-35-37-39-41-43-49(53)50-47(46-57-58(54,55)56-45-44-51(3,4)5)48(52)42-40-38-36-34-32-30-21-19-17-15-13-11-9-7-2/h32,34,47-48,52H,6-31,33,35-46H2,1-5H3,(H-,50,53,54,55)/b34-32+/t47-,48+/m0/s1. The highest BCUT2D eigenvalue weighted by Gasteiger charge is 2.24. The van der Waals surface area contributed by atoms with Crippen LogP contribution in [0.3, 0.4) is 0 Å². The van der Waals surface area contributed by atoms with Crippen LogP contribution in [0.2, 0.25) is 0 Å². The Labute approximate surface area is 361 Å². The van der Waals surface area contributed by atoms with Crippen molar-refractivity contribution in [1.29, 1.82) is 0 Å². The SMILES string of the molecule is CCCCCCCCCC/C=C/CCCC[C@@H](O)[C@H](COP(=O)([O-])OCC[N+](C)(C)C)NC(=O)CCCCCCCCCCCCCCCCCCCCCCCC. The van der Waals surface area contributed by atoms with Crippen LogP contribution in [-0.4, -0.2) is 68.5 Å². The quantitative estimate of drug-likeness (QED) is 0.0273. The number of allylic oxidation sites excluding steroid dienone is 2. The van der Waals surface area contributed by atoms with E-state index >= 15 is 0 Å². The molecule has 0 aliphatic carbocycles. The summed E-state index contributed by atoms with van der Waals surface area (Å²) >= 11 is 0. The van der Waals surface area contributed by atoms with Gasteiger partial charge in [0.2, 0.25) is 5.91 Å². The average molecular weight is 843 g/mol. The number of hydrogen-bond acceptors (Lipinski definition) is 6. The lowest BCUT2D eigenvalue weighted by molar-refractivity contribution is -0.870. The van der Waals surface area contributed by atoms with E-state index in [-0.39, 0.29) is 19.1 Å². The summed E-state index contributed by atoms with van der Waals surface area (Å²) in [5.74, 6) is -0.170. The number of phosphoric ester groups is 1. The number of phosphoric acid groups is 1. The summed E-state index contributed by atoms with van der Waals surface area (Å²) in [5.41, 5.74) is 0. The number of quaternary nitrogens is 1. The van der Waals surface area contributed by atoms with Gasteiger partial charge in [-0.05, 0) is 38.5 Å². The van der Waals surface area contributed by atoms with Gasteiger partial charge < -0.3 is 28.8 Å². The Morgan fingerprint density at radius 1 is 0.586 bits per heavy atom. The predicted molar refractivity (Wildman–Crippen MR) is 247 cm³/mol. The molecule has 0 radical (unpaired) electrons. The smallest absolute Gasteiger partial charge is 0.268 e. The predicted octanol–water partition coefficient (Wildman–Crippen LogP) is 13.7. The number of unbranched alkanes of at least 4 members (excludes halogenated alkanes) is 31. The first-order valence-corrected chi connectivity index (χ1v) is 26.5. The van der Waals surface area contributed by atoms with E-state index in [0.29, 0.717) is 23.9 Å². The highest BCUT2D eigenvalue weighted by atomic mass is 31.2. The van der Waals surface area contributed by atoms with Crippen molar-refractivity contribution in [3.8, 4) is 0 Å². The first-order chi connectivity index (χ1) is 28.0. The third-order valence-electron chi connectivity index (χ3n) is 11.5. The number of amides is 1. The Balaban J connectivity index is 4.22. The fraction of sp³-hybridized carbons (Fsp3) is 0.939. The molecule has 0 saturated heterocycles. The molecule has 0 aromatic rings. The van der Waals surface area contributed by atoms with E-state index in [1.807, 2.05) is 21.1 Å². The van der Waals surface area contributed by atoms with Gasteiger partial charge in [0.05, 0.1) is 39.9 Å². The maximum absolute atomic E-state index is 12.9. The van der Waals surface area contributed by atoms with Gasteiger partial charge in [0, 0.05) is 6.42 Å². The molecule has 1 amide bonds. The number of nitrogens with one attached hydrogen (secondary N) is 1. The molecule has 0 spiro atoms. The van der Waals surface area contributed by atoms with Crippen LogP contribution in [0.25, 0.3) is 0 Å². The fourth-order valence-corrected chi connectivity index (χ4v) is 8.23. The monoisotopic (exact) mass is 843 g/mol. The van der Waals surface area contributed by atoms with Crippen LogP contribution in [-0.2, 0) is 18.4 Å². The molecular weight excluding hydrogens is 744 g/mol. The molecule has 3 atom stereocenters.